The van der Waals surface area contributed by atoms with E-state index in [0.717, 1.165) is 18.2 Å². The van der Waals surface area contributed by atoms with Crippen LogP contribution in [0.25, 0.3) is 0 Å². The van der Waals surface area contributed by atoms with E-state index in [0.29, 0.717) is 6.54 Å². The summed E-state index contributed by atoms with van der Waals surface area (Å²) in [6.07, 6.45) is 2.59. The molecule has 2 heterocycles. The van der Waals surface area contributed by atoms with Crippen molar-refractivity contribution in [3.05, 3.63) is 10.6 Å². The van der Waals surface area contributed by atoms with Crippen LogP contribution in [0, 0.1) is 12.8 Å². The fraction of sp³-hybridized carbons (Fsp3) is 0.727. The quantitative estimate of drug-likeness (QED) is 0.857. The summed E-state index contributed by atoms with van der Waals surface area (Å²) in [4.78, 5) is 8.23. The van der Waals surface area contributed by atoms with Crippen LogP contribution in [0.1, 0.15) is 30.3 Å². The van der Waals surface area contributed by atoms with Crippen LogP contribution in [0.15, 0.2) is 0 Å². The molecule has 2 N–H and O–H groups in total. The van der Waals surface area contributed by atoms with Crippen molar-refractivity contribution >= 4 is 16.5 Å². The number of rotatable bonds is 3. The van der Waals surface area contributed by atoms with Crippen molar-refractivity contribution in [2.24, 2.45) is 11.7 Å². The molecule has 2 rings (SSSR count). The minimum absolute atomic E-state index is 0.620. The van der Waals surface area contributed by atoms with E-state index < -0.39 is 0 Å². The molecule has 0 radical (unpaired) electrons. The van der Waals surface area contributed by atoms with Gasteiger partial charge in [0, 0.05) is 24.5 Å². The number of hydrogen-bond donors (Lipinski definition) is 1. The van der Waals surface area contributed by atoms with Gasteiger partial charge in [-0.1, -0.05) is 13.3 Å². The lowest BCUT2D eigenvalue weighted by Gasteiger charge is -2.13. The van der Waals surface area contributed by atoms with Gasteiger partial charge in [-0.2, -0.15) is 0 Å². The van der Waals surface area contributed by atoms with E-state index in [4.69, 9.17) is 5.73 Å². The van der Waals surface area contributed by atoms with Gasteiger partial charge >= 0.3 is 0 Å². The standard InChI is InChI=1S/C11H19N3S/c1-3-9-4-5-14(7-9)11-13-8(2)10(6-12)15-11/h9H,3-7,12H2,1-2H3. The molecule has 15 heavy (non-hydrogen) atoms. The summed E-state index contributed by atoms with van der Waals surface area (Å²) in [5.74, 6) is 0.857. The average molecular weight is 225 g/mol. The minimum atomic E-state index is 0.620. The third kappa shape index (κ3) is 2.16. The van der Waals surface area contributed by atoms with Crippen molar-refractivity contribution < 1.29 is 0 Å². The van der Waals surface area contributed by atoms with Gasteiger partial charge in [0.25, 0.3) is 0 Å². The highest BCUT2D eigenvalue weighted by Crippen LogP contribution is 2.30. The van der Waals surface area contributed by atoms with Gasteiger partial charge in [-0.15, -0.1) is 11.3 Å². The third-order valence-electron chi connectivity index (χ3n) is 3.20. The maximum atomic E-state index is 5.67. The second-order valence-electron chi connectivity index (χ2n) is 4.22. The van der Waals surface area contributed by atoms with Crippen molar-refractivity contribution in [3.8, 4) is 0 Å². The van der Waals surface area contributed by atoms with E-state index in [1.807, 2.05) is 0 Å². The number of aryl methyl sites for hydroxylation is 1. The largest absolute Gasteiger partial charge is 0.348 e. The second-order valence-corrected chi connectivity index (χ2v) is 5.28. The highest BCUT2D eigenvalue weighted by molar-refractivity contribution is 7.15. The number of thiazole rings is 1. The van der Waals surface area contributed by atoms with E-state index in [-0.39, 0.29) is 0 Å². The molecule has 1 fully saturated rings. The first-order chi connectivity index (χ1) is 7.24. The fourth-order valence-corrected chi connectivity index (χ4v) is 3.05. The Bertz CT molecular complexity index is 335. The number of nitrogens with two attached hydrogens (primary N) is 1. The van der Waals surface area contributed by atoms with Crippen LogP contribution in [0.5, 0.6) is 0 Å². The molecule has 1 saturated heterocycles. The zero-order valence-corrected chi connectivity index (χ0v) is 10.3. The SMILES string of the molecule is CCC1CCN(c2nc(C)c(CN)s2)C1. The Labute approximate surface area is 95.3 Å². The predicted molar refractivity (Wildman–Crippen MR) is 65.4 cm³/mol. The van der Waals surface area contributed by atoms with Gasteiger partial charge in [0.15, 0.2) is 5.13 Å². The van der Waals surface area contributed by atoms with E-state index in [1.54, 1.807) is 11.3 Å². The molecule has 1 aliphatic rings. The number of anilines is 1. The topological polar surface area (TPSA) is 42.2 Å². The van der Waals surface area contributed by atoms with Gasteiger partial charge in [0.1, 0.15) is 0 Å². The maximum absolute atomic E-state index is 5.67. The van der Waals surface area contributed by atoms with Crippen LogP contribution in [-0.2, 0) is 6.54 Å². The Morgan fingerprint density at radius 3 is 2.93 bits per heavy atom. The molecule has 0 bridgehead atoms. The monoisotopic (exact) mass is 225 g/mol. The summed E-state index contributed by atoms with van der Waals surface area (Å²) in [5.41, 5.74) is 6.78. The van der Waals surface area contributed by atoms with Crippen molar-refractivity contribution in [1.29, 1.82) is 0 Å². The third-order valence-corrected chi connectivity index (χ3v) is 4.44. The van der Waals surface area contributed by atoms with Crippen LogP contribution in [-0.4, -0.2) is 18.1 Å². The molecule has 0 amide bonds. The van der Waals surface area contributed by atoms with Gasteiger partial charge in [-0.3, -0.25) is 0 Å². The van der Waals surface area contributed by atoms with Crippen LogP contribution in [0.4, 0.5) is 5.13 Å². The highest BCUT2D eigenvalue weighted by Gasteiger charge is 2.23. The molecular weight excluding hydrogens is 206 g/mol. The summed E-state index contributed by atoms with van der Waals surface area (Å²) < 4.78 is 0. The normalized spacial score (nSPS) is 21.3. The molecule has 0 aliphatic carbocycles. The molecule has 3 nitrogen and oxygen atoms in total. The van der Waals surface area contributed by atoms with E-state index in [2.05, 4.69) is 23.7 Å². The molecule has 1 unspecified atom stereocenters. The lowest BCUT2D eigenvalue weighted by Crippen LogP contribution is -2.19. The first-order valence-electron chi connectivity index (χ1n) is 5.66. The number of aromatic nitrogens is 1. The number of nitrogens with zero attached hydrogens (tertiary/aromatic N) is 2. The van der Waals surface area contributed by atoms with Crippen molar-refractivity contribution in [3.63, 3.8) is 0 Å². The number of hydrogen-bond acceptors (Lipinski definition) is 4. The summed E-state index contributed by atoms with van der Waals surface area (Å²) >= 11 is 1.76. The molecule has 1 aliphatic heterocycles. The molecule has 1 aromatic rings. The Morgan fingerprint density at radius 1 is 1.60 bits per heavy atom. The molecule has 84 valence electrons. The van der Waals surface area contributed by atoms with Gasteiger partial charge in [0.2, 0.25) is 0 Å². The smallest absolute Gasteiger partial charge is 0.185 e. The van der Waals surface area contributed by atoms with Crippen molar-refractivity contribution in [2.45, 2.75) is 33.2 Å². The van der Waals surface area contributed by atoms with E-state index in [1.165, 1.54) is 29.4 Å². The molecule has 4 heteroatoms. The fourth-order valence-electron chi connectivity index (χ4n) is 2.08. The lowest BCUT2D eigenvalue weighted by atomic mass is 10.1. The molecule has 0 spiro atoms. The summed E-state index contributed by atoms with van der Waals surface area (Å²) in [7, 11) is 0. The summed E-state index contributed by atoms with van der Waals surface area (Å²) in [6.45, 7) is 7.28. The molecule has 1 atom stereocenters. The first-order valence-corrected chi connectivity index (χ1v) is 6.47. The van der Waals surface area contributed by atoms with Crippen LogP contribution >= 0.6 is 11.3 Å². The average Bonchev–Trinajstić information content (AvgIpc) is 2.83. The summed E-state index contributed by atoms with van der Waals surface area (Å²) in [5, 5.41) is 1.17. The van der Waals surface area contributed by atoms with Crippen LogP contribution in [0.2, 0.25) is 0 Å². The zero-order chi connectivity index (χ0) is 10.8. The predicted octanol–water partition coefficient (Wildman–Crippen LogP) is 2.15. The minimum Gasteiger partial charge on any atom is -0.348 e. The Kier molecular flexibility index (Phi) is 3.26. The molecule has 0 aromatic carbocycles. The molecule has 0 saturated carbocycles. The van der Waals surface area contributed by atoms with Gasteiger partial charge in [0.05, 0.1) is 5.69 Å². The Morgan fingerprint density at radius 2 is 2.40 bits per heavy atom. The lowest BCUT2D eigenvalue weighted by molar-refractivity contribution is 0.569. The van der Waals surface area contributed by atoms with Gasteiger partial charge in [-0.05, 0) is 19.3 Å². The Balaban J connectivity index is 2.10. The van der Waals surface area contributed by atoms with Crippen LogP contribution in [0.3, 0.4) is 0 Å². The van der Waals surface area contributed by atoms with Crippen LogP contribution < -0.4 is 10.6 Å². The summed E-state index contributed by atoms with van der Waals surface area (Å²) in [6, 6.07) is 0. The van der Waals surface area contributed by atoms with Crippen molar-refractivity contribution in [2.75, 3.05) is 18.0 Å². The Hall–Kier alpha value is -0.610. The zero-order valence-electron chi connectivity index (χ0n) is 9.49. The molecule has 1 aromatic heterocycles. The first kappa shape index (κ1) is 10.9. The maximum Gasteiger partial charge on any atom is 0.185 e. The molecular formula is C11H19N3S. The van der Waals surface area contributed by atoms with E-state index >= 15 is 0 Å². The highest BCUT2D eigenvalue weighted by atomic mass is 32.1. The van der Waals surface area contributed by atoms with E-state index in [9.17, 15) is 0 Å². The van der Waals surface area contributed by atoms with Crippen molar-refractivity contribution in [1.82, 2.24) is 4.98 Å². The van der Waals surface area contributed by atoms with Gasteiger partial charge < -0.3 is 10.6 Å². The second kappa shape index (κ2) is 4.49. The van der Waals surface area contributed by atoms with Gasteiger partial charge in [-0.25, -0.2) is 4.98 Å².